The summed E-state index contributed by atoms with van der Waals surface area (Å²) in [5.74, 6) is -0.0803. The van der Waals surface area contributed by atoms with Gasteiger partial charge in [-0.1, -0.05) is 12.1 Å². The van der Waals surface area contributed by atoms with Crippen LogP contribution in [0.4, 0.5) is 4.39 Å². The second-order valence-corrected chi connectivity index (χ2v) is 7.75. The number of benzene rings is 1. The van der Waals surface area contributed by atoms with Crippen molar-refractivity contribution in [2.75, 3.05) is 12.3 Å². The molecule has 0 unspecified atom stereocenters. The fourth-order valence-electron chi connectivity index (χ4n) is 2.51. The standard InChI is InChI=1S/C16H16FNO2S2/c17-14-3-1-12(2-4-14)10-22(20)11-16(19)18-7-5-15-13(9-18)6-8-21-15/h1-4,6,8H,5,7,9-11H2/t22-/m1/s1. The van der Waals surface area contributed by atoms with Gasteiger partial charge in [-0.05, 0) is 41.1 Å². The molecular weight excluding hydrogens is 321 g/mol. The summed E-state index contributed by atoms with van der Waals surface area (Å²) in [6, 6.07) is 7.95. The molecule has 0 saturated heterocycles. The zero-order valence-electron chi connectivity index (χ0n) is 12.0. The Labute approximate surface area is 135 Å². The Bertz CT molecular complexity index is 696. The van der Waals surface area contributed by atoms with Crippen LogP contribution >= 0.6 is 11.3 Å². The second-order valence-electron chi connectivity index (χ2n) is 5.29. The molecule has 1 amide bonds. The Morgan fingerprint density at radius 1 is 1.27 bits per heavy atom. The minimum Gasteiger partial charge on any atom is -0.337 e. The molecule has 1 aliphatic heterocycles. The van der Waals surface area contributed by atoms with Crippen LogP contribution in [0, 0.1) is 5.82 Å². The first-order valence-corrected chi connectivity index (χ1v) is 9.41. The first kappa shape index (κ1) is 15.4. The number of fused-ring (bicyclic) bond motifs is 1. The van der Waals surface area contributed by atoms with E-state index in [0.29, 0.717) is 13.1 Å². The molecule has 2 heterocycles. The molecule has 0 aliphatic carbocycles. The molecule has 0 saturated carbocycles. The van der Waals surface area contributed by atoms with Crippen molar-refractivity contribution in [1.82, 2.24) is 4.90 Å². The van der Waals surface area contributed by atoms with Crippen LogP contribution in [0.5, 0.6) is 0 Å². The lowest BCUT2D eigenvalue weighted by Crippen LogP contribution is -2.38. The number of nitrogens with zero attached hydrogens (tertiary/aromatic N) is 1. The van der Waals surface area contributed by atoms with Crippen LogP contribution < -0.4 is 0 Å². The third-order valence-corrected chi connectivity index (χ3v) is 5.93. The van der Waals surface area contributed by atoms with E-state index in [9.17, 15) is 13.4 Å². The SMILES string of the molecule is O=C(C[S@](=O)Cc1ccc(F)cc1)N1CCc2sccc2C1. The number of hydrogen-bond donors (Lipinski definition) is 0. The molecule has 22 heavy (non-hydrogen) atoms. The third kappa shape index (κ3) is 3.62. The maximum Gasteiger partial charge on any atom is 0.235 e. The topological polar surface area (TPSA) is 37.4 Å². The summed E-state index contributed by atoms with van der Waals surface area (Å²) in [6.07, 6.45) is 0.878. The number of hydrogen-bond acceptors (Lipinski definition) is 3. The van der Waals surface area contributed by atoms with Crippen LogP contribution in [-0.4, -0.2) is 27.3 Å². The third-order valence-electron chi connectivity index (χ3n) is 3.69. The lowest BCUT2D eigenvalue weighted by atomic mass is 10.1. The van der Waals surface area contributed by atoms with E-state index in [4.69, 9.17) is 0 Å². The highest BCUT2D eigenvalue weighted by Gasteiger charge is 2.22. The van der Waals surface area contributed by atoms with E-state index >= 15 is 0 Å². The van der Waals surface area contributed by atoms with Gasteiger partial charge in [0.1, 0.15) is 11.6 Å². The van der Waals surface area contributed by atoms with E-state index in [1.165, 1.54) is 22.6 Å². The van der Waals surface area contributed by atoms with Crippen molar-refractivity contribution < 1.29 is 13.4 Å². The van der Waals surface area contributed by atoms with Gasteiger partial charge in [0.05, 0.1) is 0 Å². The summed E-state index contributed by atoms with van der Waals surface area (Å²) >= 11 is 1.73. The van der Waals surface area contributed by atoms with Crippen molar-refractivity contribution in [2.45, 2.75) is 18.7 Å². The van der Waals surface area contributed by atoms with Gasteiger partial charge >= 0.3 is 0 Å². The number of carbonyl (C=O) groups is 1. The number of rotatable bonds is 4. The predicted molar refractivity (Wildman–Crippen MR) is 86.6 cm³/mol. The van der Waals surface area contributed by atoms with Gasteiger partial charge < -0.3 is 4.90 Å². The molecular formula is C16H16FNO2S2. The maximum absolute atomic E-state index is 12.8. The van der Waals surface area contributed by atoms with E-state index < -0.39 is 10.8 Å². The second kappa shape index (κ2) is 6.71. The average Bonchev–Trinajstić information content (AvgIpc) is 2.97. The fraction of sp³-hybridized carbons (Fsp3) is 0.312. The number of halogens is 1. The Morgan fingerprint density at radius 2 is 2.05 bits per heavy atom. The van der Waals surface area contributed by atoms with E-state index in [1.807, 2.05) is 5.38 Å². The molecule has 6 heteroatoms. The average molecular weight is 337 g/mol. The minimum absolute atomic E-state index is 0.0246. The summed E-state index contributed by atoms with van der Waals surface area (Å²) in [5, 5.41) is 2.05. The van der Waals surface area contributed by atoms with Crippen molar-refractivity contribution in [1.29, 1.82) is 0 Å². The van der Waals surface area contributed by atoms with Gasteiger partial charge in [-0.25, -0.2) is 4.39 Å². The van der Waals surface area contributed by atoms with Crippen molar-refractivity contribution >= 4 is 28.0 Å². The Balaban J connectivity index is 1.55. The monoisotopic (exact) mass is 337 g/mol. The number of amides is 1. The van der Waals surface area contributed by atoms with Crippen LogP contribution in [0.15, 0.2) is 35.7 Å². The molecule has 3 rings (SSSR count). The molecule has 1 aromatic carbocycles. The van der Waals surface area contributed by atoms with Gasteiger partial charge in [-0.15, -0.1) is 11.3 Å². The molecule has 0 N–H and O–H groups in total. The lowest BCUT2D eigenvalue weighted by Gasteiger charge is -2.26. The zero-order valence-corrected chi connectivity index (χ0v) is 13.6. The van der Waals surface area contributed by atoms with E-state index in [1.54, 1.807) is 28.4 Å². The molecule has 1 aromatic heterocycles. The van der Waals surface area contributed by atoms with Gasteiger partial charge in [0, 0.05) is 34.5 Å². The lowest BCUT2D eigenvalue weighted by molar-refractivity contribution is -0.129. The van der Waals surface area contributed by atoms with Gasteiger partial charge in [-0.3, -0.25) is 9.00 Å². The Kier molecular flexibility index (Phi) is 4.69. The molecule has 3 nitrogen and oxygen atoms in total. The van der Waals surface area contributed by atoms with Crippen LogP contribution in [0.1, 0.15) is 16.0 Å². The van der Waals surface area contributed by atoms with Crippen molar-refractivity contribution in [2.24, 2.45) is 0 Å². The van der Waals surface area contributed by atoms with Crippen LogP contribution in [-0.2, 0) is 34.3 Å². The molecule has 1 atom stereocenters. The molecule has 0 radical (unpaired) electrons. The van der Waals surface area contributed by atoms with E-state index in [2.05, 4.69) is 6.07 Å². The largest absolute Gasteiger partial charge is 0.337 e. The summed E-state index contributed by atoms with van der Waals surface area (Å²) in [7, 11) is -1.27. The molecule has 1 aliphatic rings. The predicted octanol–water partition coefficient (Wildman–Crippen LogP) is 2.72. The first-order valence-electron chi connectivity index (χ1n) is 7.04. The molecule has 116 valence electrons. The van der Waals surface area contributed by atoms with Crippen molar-refractivity contribution in [3.63, 3.8) is 0 Å². The number of carbonyl (C=O) groups excluding carboxylic acids is 1. The van der Waals surface area contributed by atoms with Gasteiger partial charge in [0.15, 0.2) is 0 Å². The van der Waals surface area contributed by atoms with Crippen LogP contribution in [0.2, 0.25) is 0 Å². The summed E-state index contributed by atoms with van der Waals surface area (Å²) in [5.41, 5.74) is 1.99. The quantitative estimate of drug-likeness (QED) is 0.860. The highest BCUT2D eigenvalue weighted by molar-refractivity contribution is 7.84. The Hall–Kier alpha value is -1.53. The van der Waals surface area contributed by atoms with Gasteiger partial charge in [0.25, 0.3) is 0 Å². The highest BCUT2D eigenvalue weighted by Crippen LogP contribution is 2.24. The molecule has 2 aromatic rings. The van der Waals surface area contributed by atoms with Crippen molar-refractivity contribution in [3.05, 3.63) is 57.5 Å². The smallest absolute Gasteiger partial charge is 0.235 e. The first-order chi connectivity index (χ1) is 10.6. The normalized spacial score (nSPS) is 15.4. The van der Waals surface area contributed by atoms with E-state index in [0.717, 1.165) is 12.0 Å². The highest BCUT2D eigenvalue weighted by atomic mass is 32.2. The zero-order chi connectivity index (χ0) is 15.5. The van der Waals surface area contributed by atoms with Crippen LogP contribution in [0.3, 0.4) is 0 Å². The molecule has 0 bridgehead atoms. The summed E-state index contributed by atoms with van der Waals surface area (Å²) in [6.45, 7) is 1.31. The van der Waals surface area contributed by atoms with Crippen molar-refractivity contribution in [3.8, 4) is 0 Å². The minimum atomic E-state index is -1.27. The maximum atomic E-state index is 12.8. The summed E-state index contributed by atoms with van der Waals surface area (Å²) in [4.78, 5) is 15.4. The van der Waals surface area contributed by atoms with Crippen LogP contribution in [0.25, 0.3) is 0 Å². The number of thiophene rings is 1. The molecule has 0 fully saturated rings. The van der Waals surface area contributed by atoms with E-state index in [-0.39, 0.29) is 23.2 Å². The summed E-state index contributed by atoms with van der Waals surface area (Å²) < 4.78 is 25.0. The molecule has 0 spiro atoms. The fourth-order valence-corrected chi connectivity index (χ4v) is 4.52. The Morgan fingerprint density at radius 3 is 2.82 bits per heavy atom. The van der Waals surface area contributed by atoms with Gasteiger partial charge in [-0.2, -0.15) is 0 Å². The van der Waals surface area contributed by atoms with Gasteiger partial charge in [0.2, 0.25) is 5.91 Å².